The van der Waals surface area contributed by atoms with E-state index in [1.165, 1.54) is 0 Å². The highest BCUT2D eigenvalue weighted by Gasteiger charge is 2.11. The molecule has 0 saturated carbocycles. The Labute approximate surface area is 167 Å². The van der Waals surface area contributed by atoms with Gasteiger partial charge in [0.2, 0.25) is 0 Å². The van der Waals surface area contributed by atoms with Crippen LogP contribution in [0.4, 0.5) is 5.69 Å². The summed E-state index contributed by atoms with van der Waals surface area (Å²) in [5.74, 6) is 3.96. The average Bonchev–Trinajstić information content (AvgIpc) is 2.89. The number of nitrogens with one attached hydrogen (secondary N) is 2. The van der Waals surface area contributed by atoms with E-state index in [1.54, 1.807) is 11.8 Å². The first kappa shape index (κ1) is 21.7. The van der Waals surface area contributed by atoms with Gasteiger partial charge in [-0.2, -0.15) is 11.8 Å². The lowest BCUT2D eigenvalue weighted by Crippen LogP contribution is -2.32. The summed E-state index contributed by atoms with van der Waals surface area (Å²) in [7, 11) is 0. The fourth-order valence-electron chi connectivity index (χ4n) is 2.47. The molecule has 0 bridgehead atoms. The number of nitrogens with zero attached hydrogens (tertiary/aromatic N) is 1. The van der Waals surface area contributed by atoms with E-state index < -0.39 is 0 Å². The zero-order valence-electron chi connectivity index (χ0n) is 16.8. The monoisotopic (exact) mass is 395 g/mol. The highest BCUT2D eigenvalue weighted by molar-refractivity contribution is 7.98. The van der Waals surface area contributed by atoms with Crippen LogP contribution in [0.2, 0.25) is 0 Å². The minimum Gasteiger partial charge on any atom is -0.490 e. The number of rotatable bonds is 10. The number of benzene rings is 1. The Morgan fingerprint density at radius 1 is 1.26 bits per heavy atom. The van der Waals surface area contributed by atoms with E-state index in [0.29, 0.717) is 19.1 Å². The zero-order valence-corrected chi connectivity index (χ0v) is 17.6. The normalized spacial score (nSPS) is 14.1. The van der Waals surface area contributed by atoms with Crippen LogP contribution in [0.15, 0.2) is 23.2 Å². The largest absolute Gasteiger partial charge is 0.490 e. The third-order valence-corrected chi connectivity index (χ3v) is 4.39. The van der Waals surface area contributed by atoms with Gasteiger partial charge in [-0.25, -0.2) is 0 Å². The first-order chi connectivity index (χ1) is 13.2. The van der Waals surface area contributed by atoms with Gasteiger partial charge in [-0.1, -0.05) is 13.8 Å². The number of hydrogen-bond acceptors (Lipinski definition) is 5. The molecular formula is C20H33N3O3S. The van der Waals surface area contributed by atoms with Crippen LogP contribution >= 0.6 is 11.8 Å². The second kappa shape index (κ2) is 12.7. The Morgan fingerprint density at radius 3 is 2.85 bits per heavy atom. The van der Waals surface area contributed by atoms with Crippen molar-refractivity contribution in [3.8, 4) is 11.5 Å². The predicted molar refractivity (Wildman–Crippen MR) is 115 cm³/mol. The molecule has 0 saturated heterocycles. The number of thioether (sulfide) groups is 1. The zero-order chi connectivity index (χ0) is 19.3. The smallest absolute Gasteiger partial charge is 0.195 e. The summed E-state index contributed by atoms with van der Waals surface area (Å²) in [6.07, 6.45) is 3.91. The van der Waals surface area contributed by atoms with Crippen molar-refractivity contribution in [3.63, 3.8) is 0 Å². The maximum Gasteiger partial charge on any atom is 0.195 e. The molecule has 0 spiro atoms. The van der Waals surface area contributed by atoms with Crippen molar-refractivity contribution in [2.75, 3.05) is 56.8 Å². The fourth-order valence-corrected chi connectivity index (χ4v) is 2.77. The Balaban J connectivity index is 1.90. The molecule has 1 aliphatic rings. The van der Waals surface area contributed by atoms with Gasteiger partial charge in [0.05, 0.1) is 13.2 Å². The van der Waals surface area contributed by atoms with Gasteiger partial charge in [-0.3, -0.25) is 4.99 Å². The summed E-state index contributed by atoms with van der Waals surface area (Å²) >= 11 is 1.81. The molecule has 0 aliphatic carbocycles. The van der Waals surface area contributed by atoms with E-state index in [9.17, 15) is 0 Å². The van der Waals surface area contributed by atoms with Crippen molar-refractivity contribution in [3.05, 3.63) is 18.2 Å². The van der Waals surface area contributed by atoms with Crippen molar-refractivity contribution >= 4 is 23.4 Å². The van der Waals surface area contributed by atoms with Crippen LogP contribution in [-0.4, -0.2) is 57.5 Å². The van der Waals surface area contributed by atoms with E-state index in [-0.39, 0.29) is 0 Å². The molecule has 1 aliphatic heterocycles. The SMILES string of the molecule is CSCCNC(=NCCCOCC(C)C)Nc1ccc2c(c1)OCCCO2. The van der Waals surface area contributed by atoms with Crippen LogP contribution in [0.3, 0.4) is 0 Å². The van der Waals surface area contributed by atoms with Gasteiger partial charge in [0.25, 0.3) is 0 Å². The quantitative estimate of drug-likeness (QED) is 0.358. The summed E-state index contributed by atoms with van der Waals surface area (Å²) in [6.45, 7) is 8.82. The molecule has 7 heteroatoms. The Hall–Kier alpha value is -1.60. The number of guanidine groups is 1. The van der Waals surface area contributed by atoms with Gasteiger partial charge in [0, 0.05) is 50.2 Å². The van der Waals surface area contributed by atoms with Gasteiger partial charge in [0.1, 0.15) is 0 Å². The highest BCUT2D eigenvalue weighted by Crippen LogP contribution is 2.32. The number of fused-ring (bicyclic) bond motifs is 1. The topological polar surface area (TPSA) is 64.1 Å². The molecule has 1 aromatic rings. The summed E-state index contributed by atoms with van der Waals surface area (Å²) in [5.41, 5.74) is 0.936. The summed E-state index contributed by atoms with van der Waals surface area (Å²) in [4.78, 5) is 4.67. The highest BCUT2D eigenvalue weighted by atomic mass is 32.2. The van der Waals surface area contributed by atoms with Crippen LogP contribution < -0.4 is 20.1 Å². The molecule has 152 valence electrons. The second-order valence-corrected chi connectivity index (χ2v) is 7.79. The van der Waals surface area contributed by atoms with E-state index in [2.05, 4.69) is 35.7 Å². The average molecular weight is 396 g/mol. The minimum atomic E-state index is 0.568. The standard InChI is InChI=1S/C20H33N3O3S/c1-16(2)15-24-10-4-8-21-20(22-9-13-27-3)23-17-6-7-18-19(14-17)26-12-5-11-25-18/h6-7,14,16H,4-5,8-13,15H2,1-3H3,(H2,21,22,23). The van der Waals surface area contributed by atoms with E-state index in [1.807, 2.05) is 18.2 Å². The van der Waals surface area contributed by atoms with Crippen molar-refractivity contribution in [2.24, 2.45) is 10.9 Å². The summed E-state index contributed by atoms with van der Waals surface area (Å²) in [5, 5.41) is 6.75. The third kappa shape index (κ3) is 8.75. The first-order valence-corrected chi connectivity index (χ1v) is 11.1. The van der Waals surface area contributed by atoms with Crippen LogP contribution in [0.1, 0.15) is 26.7 Å². The van der Waals surface area contributed by atoms with E-state index in [4.69, 9.17) is 14.2 Å². The molecule has 0 radical (unpaired) electrons. The van der Waals surface area contributed by atoms with Gasteiger partial charge in [0.15, 0.2) is 17.5 Å². The van der Waals surface area contributed by atoms with Crippen molar-refractivity contribution in [1.29, 1.82) is 0 Å². The maximum atomic E-state index is 5.77. The number of ether oxygens (including phenoxy) is 3. The third-order valence-electron chi connectivity index (χ3n) is 3.78. The van der Waals surface area contributed by atoms with Crippen LogP contribution in [0, 0.1) is 5.92 Å². The molecule has 0 amide bonds. The second-order valence-electron chi connectivity index (χ2n) is 6.81. The van der Waals surface area contributed by atoms with Gasteiger partial charge in [-0.15, -0.1) is 0 Å². The molecular weight excluding hydrogens is 362 g/mol. The molecule has 0 unspecified atom stereocenters. The molecule has 0 atom stereocenters. The molecule has 27 heavy (non-hydrogen) atoms. The predicted octanol–water partition coefficient (Wildman–Crippen LogP) is 3.63. The van der Waals surface area contributed by atoms with Crippen LogP contribution in [0.25, 0.3) is 0 Å². The Kier molecular flexibility index (Phi) is 10.2. The molecule has 2 rings (SSSR count). The number of aliphatic imine (C=N–C) groups is 1. The number of anilines is 1. The van der Waals surface area contributed by atoms with Crippen LogP contribution in [0.5, 0.6) is 11.5 Å². The minimum absolute atomic E-state index is 0.568. The summed E-state index contributed by atoms with van der Waals surface area (Å²) < 4.78 is 17.1. The lowest BCUT2D eigenvalue weighted by Gasteiger charge is -2.14. The maximum absolute atomic E-state index is 5.77. The fraction of sp³-hybridized carbons (Fsp3) is 0.650. The Bertz CT molecular complexity index is 582. The molecule has 0 aromatic heterocycles. The molecule has 0 fully saturated rings. The molecule has 1 heterocycles. The lowest BCUT2D eigenvalue weighted by molar-refractivity contribution is 0.109. The van der Waals surface area contributed by atoms with Gasteiger partial charge < -0.3 is 24.8 Å². The van der Waals surface area contributed by atoms with Gasteiger partial charge in [-0.05, 0) is 30.7 Å². The van der Waals surface area contributed by atoms with Gasteiger partial charge >= 0.3 is 0 Å². The molecule has 1 aromatic carbocycles. The van der Waals surface area contributed by atoms with E-state index >= 15 is 0 Å². The lowest BCUT2D eigenvalue weighted by atomic mass is 10.2. The van der Waals surface area contributed by atoms with E-state index in [0.717, 1.165) is 68.0 Å². The number of hydrogen-bond donors (Lipinski definition) is 2. The summed E-state index contributed by atoms with van der Waals surface area (Å²) in [6, 6.07) is 5.91. The van der Waals surface area contributed by atoms with Crippen molar-refractivity contribution in [2.45, 2.75) is 26.7 Å². The van der Waals surface area contributed by atoms with Crippen molar-refractivity contribution < 1.29 is 14.2 Å². The first-order valence-electron chi connectivity index (χ1n) is 9.70. The molecule has 6 nitrogen and oxygen atoms in total. The molecule has 2 N–H and O–H groups in total. The van der Waals surface area contributed by atoms with Crippen molar-refractivity contribution in [1.82, 2.24) is 5.32 Å². The van der Waals surface area contributed by atoms with Crippen LogP contribution in [-0.2, 0) is 4.74 Å². The Morgan fingerprint density at radius 2 is 2.07 bits per heavy atom.